The molecule has 2 aromatic rings. The van der Waals surface area contributed by atoms with Gasteiger partial charge in [-0.25, -0.2) is 9.59 Å². The van der Waals surface area contributed by atoms with Gasteiger partial charge in [0, 0.05) is 36.4 Å². The molecule has 0 aliphatic heterocycles. The number of esters is 1. The van der Waals surface area contributed by atoms with E-state index >= 15 is 0 Å². The second-order valence-corrected chi connectivity index (χ2v) is 5.58. The zero-order valence-electron chi connectivity index (χ0n) is 13.6. The summed E-state index contributed by atoms with van der Waals surface area (Å²) in [5.74, 6) is -1.12. The Balaban J connectivity index is 0.000000146. The molecular formula is C19H16N2O4. The van der Waals surface area contributed by atoms with Gasteiger partial charge >= 0.3 is 11.9 Å². The summed E-state index contributed by atoms with van der Waals surface area (Å²) in [5, 5.41) is 8.69. The third-order valence-corrected chi connectivity index (χ3v) is 3.96. The number of carbonyl (C=O) groups excluding carboxylic acids is 1. The molecule has 0 amide bonds. The van der Waals surface area contributed by atoms with Gasteiger partial charge in [0.1, 0.15) is 0 Å². The van der Waals surface area contributed by atoms with Crippen LogP contribution >= 0.6 is 0 Å². The van der Waals surface area contributed by atoms with Crippen molar-refractivity contribution < 1.29 is 19.4 Å². The smallest absolute Gasteiger partial charge is 0.334 e. The van der Waals surface area contributed by atoms with Crippen LogP contribution in [0.4, 0.5) is 0 Å². The molecule has 4 rings (SSSR count). The first-order valence-corrected chi connectivity index (χ1v) is 7.69. The van der Waals surface area contributed by atoms with E-state index in [9.17, 15) is 9.59 Å². The van der Waals surface area contributed by atoms with E-state index in [-0.39, 0.29) is 5.97 Å². The summed E-state index contributed by atoms with van der Waals surface area (Å²) < 4.78 is 4.63. The van der Waals surface area contributed by atoms with Gasteiger partial charge in [-0.3, -0.25) is 9.97 Å². The van der Waals surface area contributed by atoms with E-state index in [2.05, 4.69) is 14.7 Å². The average Bonchev–Trinajstić information content (AvgIpc) is 3.25. The topological polar surface area (TPSA) is 89.4 Å². The molecule has 0 atom stereocenters. The van der Waals surface area contributed by atoms with Gasteiger partial charge in [0.15, 0.2) is 0 Å². The monoisotopic (exact) mass is 336 g/mol. The van der Waals surface area contributed by atoms with E-state index in [0.29, 0.717) is 24.0 Å². The van der Waals surface area contributed by atoms with Crippen LogP contribution < -0.4 is 0 Å². The fourth-order valence-corrected chi connectivity index (χ4v) is 2.70. The summed E-state index contributed by atoms with van der Waals surface area (Å²) in [7, 11) is 1.39. The van der Waals surface area contributed by atoms with Gasteiger partial charge in [-0.05, 0) is 35.4 Å². The molecule has 0 fully saturated rings. The molecule has 0 aromatic carbocycles. The lowest BCUT2D eigenvalue weighted by molar-refractivity contribution is -0.136. The van der Waals surface area contributed by atoms with Crippen LogP contribution in [-0.4, -0.2) is 34.1 Å². The highest BCUT2D eigenvalue weighted by molar-refractivity contribution is 5.96. The molecule has 126 valence electrons. The SMILES string of the molecule is COC(=O)C1=Cc2ncccc2C1.O=C(O)C1=Cc2ncccc2C1. The number of nitrogens with zero attached hydrogens (tertiary/aromatic N) is 2. The Morgan fingerprint density at radius 3 is 1.96 bits per heavy atom. The van der Waals surface area contributed by atoms with Crippen molar-refractivity contribution in [1.29, 1.82) is 0 Å². The lowest BCUT2D eigenvalue weighted by atomic mass is 10.2. The highest BCUT2D eigenvalue weighted by atomic mass is 16.5. The predicted octanol–water partition coefficient (Wildman–Crippen LogP) is 2.30. The van der Waals surface area contributed by atoms with Crippen LogP contribution in [0.2, 0.25) is 0 Å². The minimum atomic E-state index is -0.854. The molecule has 1 N–H and O–H groups in total. The van der Waals surface area contributed by atoms with Crippen LogP contribution in [0, 0.1) is 0 Å². The molecule has 0 unspecified atom stereocenters. The van der Waals surface area contributed by atoms with E-state index in [1.54, 1.807) is 24.5 Å². The van der Waals surface area contributed by atoms with Gasteiger partial charge in [0.2, 0.25) is 0 Å². The predicted molar refractivity (Wildman–Crippen MR) is 91.5 cm³/mol. The number of rotatable bonds is 2. The molecule has 2 aliphatic rings. The zero-order valence-corrected chi connectivity index (χ0v) is 13.6. The number of methoxy groups -OCH3 is 1. The molecule has 0 bridgehead atoms. The number of carboxylic acid groups (broad SMARTS) is 1. The van der Waals surface area contributed by atoms with Crippen LogP contribution in [0.15, 0.2) is 47.8 Å². The number of carboxylic acids is 1. The van der Waals surface area contributed by atoms with Crippen molar-refractivity contribution >= 4 is 24.1 Å². The van der Waals surface area contributed by atoms with Crippen molar-refractivity contribution in [1.82, 2.24) is 9.97 Å². The van der Waals surface area contributed by atoms with Crippen molar-refractivity contribution in [3.05, 3.63) is 70.3 Å². The minimum absolute atomic E-state index is 0.266. The molecular weight excluding hydrogens is 320 g/mol. The molecule has 0 saturated heterocycles. The molecule has 2 aliphatic carbocycles. The molecule has 6 nitrogen and oxygen atoms in total. The summed E-state index contributed by atoms with van der Waals surface area (Å²) in [5.41, 5.74) is 4.84. The summed E-state index contributed by atoms with van der Waals surface area (Å²) in [6.07, 6.45) is 7.92. The first-order chi connectivity index (χ1) is 12.1. The average molecular weight is 336 g/mol. The first-order valence-electron chi connectivity index (χ1n) is 7.69. The van der Waals surface area contributed by atoms with Gasteiger partial charge in [-0.1, -0.05) is 12.1 Å². The van der Waals surface area contributed by atoms with E-state index in [1.165, 1.54) is 7.11 Å². The second-order valence-electron chi connectivity index (χ2n) is 5.58. The van der Waals surface area contributed by atoms with Gasteiger partial charge < -0.3 is 9.84 Å². The van der Waals surface area contributed by atoms with Crippen LogP contribution in [0.5, 0.6) is 0 Å². The highest BCUT2D eigenvalue weighted by Gasteiger charge is 2.19. The Morgan fingerprint density at radius 2 is 1.48 bits per heavy atom. The summed E-state index contributed by atoms with van der Waals surface area (Å²) in [4.78, 5) is 29.9. The number of fused-ring (bicyclic) bond motifs is 2. The van der Waals surface area contributed by atoms with Crippen molar-refractivity contribution in [2.24, 2.45) is 0 Å². The number of hydrogen-bond donors (Lipinski definition) is 1. The number of carbonyl (C=O) groups is 2. The van der Waals surface area contributed by atoms with E-state index in [4.69, 9.17) is 5.11 Å². The normalized spacial score (nSPS) is 13.6. The number of aromatic nitrogens is 2. The first kappa shape index (κ1) is 16.6. The van der Waals surface area contributed by atoms with Gasteiger partial charge in [0.05, 0.1) is 18.5 Å². The Hall–Kier alpha value is -3.28. The van der Waals surface area contributed by atoms with Gasteiger partial charge in [-0.2, -0.15) is 0 Å². The lowest BCUT2D eigenvalue weighted by Crippen LogP contribution is -2.03. The third kappa shape index (κ3) is 3.63. The Morgan fingerprint density at radius 1 is 0.960 bits per heavy atom. The number of pyridine rings is 2. The van der Waals surface area contributed by atoms with Crippen LogP contribution in [0.3, 0.4) is 0 Å². The fourth-order valence-electron chi connectivity index (χ4n) is 2.70. The summed E-state index contributed by atoms with van der Waals surface area (Å²) in [6, 6.07) is 7.55. The molecule has 0 saturated carbocycles. The quantitative estimate of drug-likeness (QED) is 0.847. The zero-order chi connectivity index (χ0) is 17.8. The Kier molecular flexibility index (Phi) is 4.70. The Labute approximate surface area is 144 Å². The van der Waals surface area contributed by atoms with Gasteiger partial charge in [-0.15, -0.1) is 0 Å². The van der Waals surface area contributed by atoms with E-state index in [0.717, 1.165) is 22.5 Å². The molecule has 0 spiro atoms. The van der Waals surface area contributed by atoms with Crippen molar-refractivity contribution in [2.45, 2.75) is 12.8 Å². The third-order valence-electron chi connectivity index (χ3n) is 3.96. The van der Waals surface area contributed by atoms with E-state index in [1.807, 2.05) is 24.3 Å². The van der Waals surface area contributed by atoms with Crippen molar-refractivity contribution in [3.63, 3.8) is 0 Å². The summed E-state index contributed by atoms with van der Waals surface area (Å²) in [6.45, 7) is 0. The van der Waals surface area contributed by atoms with Crippen LogP contribution in [-0.2, 0) is 27.2 Å². The lowest BCUT2D eigenvalue weighted by Gasteiger charge is -1.97. The van der Waals surface area contributed by atoms with Gasteiger partial charge in [0.25, 0.3) is 0 Å². The second kappa shape index (κ2) is 7.09. The molecule has 2 heterocycles. The Bertz CT molecular complexity index is 900. The largest absolute Gasteiger partial charge is 0.478 e. The number of ether oxygens (including phenoxy) is 1. The number of hydrogen-bond acceptors (Lipinski definition) is 5. The molecule has 0 radical (unpaired) electrons. The maximum atomic E-state index is 11.2. The summed E-state index contributed by atoms with van der Waals surface area (Å²) >= 11 is 0. The minimum Gasteiger partial charge on any atom is -0.478 e. The molecule has 2 aromatic heterocycles. The highest BCUT2D eigenvalue weighted by Crippen LogP contribution is 2.23. The number of aliphatic carboxylic acids is 1. The van der Waals surface area contributed by atoms with Crippen molar-refractivity contribution in [3.8, 4) is 0 Å². The fraction of sp³-hybridized carbons (Fsp3) is 0.158. The van der Waals surface area contributed by atoms with Crippen molar-refractivity contribution in [2.75, 3.05) is 7.11 Å². The maximum absolute atomic E-state index is 11.2. The molecule has 6 heteroatoms. The molecule has 25 heavy (non-hydrogen) atoms. The van der Waals surface area contributed by atoms with Crippen LogP contribution in [0.1, 0.15) is 22.5 Å². The maximum Gasteiger partial charge on any atom is 0.334 e. The standard InChI is InChI=1S/C10H9NO2.C9H7NO2/c1-13-10(12)8-5-7-3-2-4-11-9(7)6-8;11-9(12)7-4-6-2-1-3-10-8(6)5-7/h2-4,6H,5H2,1H3;1-3,5H,4H2,(H,11,12). The van der Waals surface area contributed by atoms with Crippen LogP contribution in [0.25, 0.3) is 12.2 Å². The van der Waals surface area contributed by atoms with E-state index < -0.39 is 5.97 Å².